The van der Waals surface area contributed by atoms with E-state index in [0.29, 0.717) is 16.5 Å². The van der Waals surface area contributed by atoms with Crippen LogP contribution in [-0.4, -0.2) is 17.3 Å². The number of alkyl halides is 3. The van der Waals surface area contributed by atoms with E-state index in [2.05, 4.69) is 15.6 Å². The van der Waals surface area contributed by atoms with Gasteiger partial charge in [-0.25, -0.2) is 4.99 Å². The predicted octanol–water partition coefficient (Wildman–Crippen LogP) is 4.38. The SMILES string of the molecule is CSC(=Nc1ccccc1NC(=O)c1ccc(C(F)(F)F)cc1)NC#N. The number of benzene rings is 2. The first kappa shape index (κ1) is 19.3. The molecule has 0 aliphatic carbocycles. The van der Waals surface area contributed by atoms with Crippen LogP contribution in [0, 0.1) is 11.5 Å². The van der Waals surface area contributed by atoms with Crippen LogP contribution in [0.1, 0.15) is 15.9 Å². The van der Waals surface area contributed by atoms with E-state index in [1.165, 1.54) is 11.8 Å². The number of hydrogen-bond donors (Lipinski definition) is 2. The molecular formula is C17H13F3N4OS. The summed E-state index contributed by atoms with van der Waals surface area (Å²) < 4.78 is 37.8. The number of thioether (sulfide) groups is 1. The monoisotopic (exact) mass is 378 g/mol. The van der Waals surface area contributed by atoms with Crippen LogP contribution < -0.4 is 10.6 Å². The normalized spacial score (nSPS) is 11.6. The Labute approximate surface area is 151 Å². The molecule has 0 aliphatic rings. The minimum absolute atomic E-state index is 0.0806. The number of rotatable bonds is 3. The molecule has 0 atom stereocenters. The highest BCUT2D eigenvalue weighted by atomic mass is 32.2. The summed E-state index contributed by atoms with van der Waals surface area (Å²) in [7, 11) is 0. The molecular weight excluding hydrogens is 365 g/mol. The highest BCUT2D eigenvalue weighted by molar-refractivity contribution is 8.13. The van der Waals surface area contributed by atoms with E-state index < -0.39 is 17.6 Å². The zero-order valence-electron chi connectivity index (χ0n) is 13.5. The molecule has 0 saturated carbocycles. The second-order valence-corrected chi connectivity index (χ2v) is 5.70. The molecule has 9 heteroatoms. The van der Waals surface area contributed by atoms with Gasteiger partial charge in [-0.15, -0.1) is 0 Å². The summed E-state index contributed by atoms with van der Waals surface area (Å²) in [6, 6.07) is 10.5. The smallest absolute Gasteiger partial charge is 0.320 e. The van der Waals surface area contributed by atoms with Crippen molar-refractivity contribution >= 4 is 34.2 Å². The first-order valence-corrected chi connectivity index (χ1v) is 8.43. The lowest BCUT2D eigenvalue weighted by Gasteiger charge is -2.10. The van der Waals surface area contributed by atoms with Crippen LogP contribution in [0.3, 0.4) is 0 Å². The quantitative estimate of drug-likeness (QED) is 0.360. The summed E-state index contributed by atoms with van der Waals surface area (Å²) in [6.45, 7) is 0. The topological polar surface area (TPSA) is 77.3 Å². The molecule has 0 bridgehead atoms. The molecule has 0 saturated heterocycles. The van der Waals surface area contributed by atoms with Crippen LogP contribution in [0.25, 0.3) is 0 Å². The lowest BCUT2D eigenvalue weighted by atomic mass is 10.1. The van der Waals surface area contributed by atoms with Crippen LogP contribution in [0.4, 0.5) is 24.5 Å². The number of nitrogens with one attached hydrogen (secondary N) is 2. The number of hydrogen-bond acceptors (Lipinski definition) is 4. The second-order valence-electron chi connectivity index (χ2n) is 4.90. The predicted molar refractivity (Wildman–Crippen MR) is 95.2 cm³/mol. The molecule has 2 rings (SSSR count). The molecule has 0 radical (unpaired) electrons. The standard InChI is InChI=1S/C17H13F3N4OS/c1-26-16(22-10-21)24-14-5-3-2-4-13(14)23-15(25)11-6-8-12(9-7-11)17(18,19)20/h2-9H,1H3,(H,22,24)(H,23,25). The summed E-state index contributed by atoms with van der Waals surface area (Å²) in [4.78, 5) is 16.5. The first-order chi connectivity index (χ1) is 12.3. The van der Waals surface area contributed by atoms with Gasteiger partial charge in [-0.3, -0.25) is 10.1 Å². The largest absolute Gasteiger partial charge is 0.416 e. The molecule has 134 valence electrons. The van der Waals surface area contributed by atoms with E-state index in [1.807, 2.05) is 0 Å². The summed E-state index contributed by atoms with van der Waals surface area (Å²) >= 11 is 1.21. The minimum atomic E-state index is -4.46. The average Bonchev–Trinajstić information content (AvgIpc) is 2.62. The molecule has 26 heavy (non-hydrogen) atoms. The first-order valence-electron chi connectivity index (χ1n) is 7.20. The van der Waals surface area contributed by atoms with Crippen molar-refractivity contribution in [1.29, 1.82) is 5.26 Å². The van der Waals surface area contributed by atoms with Gasteiger partial charge in [0.25, 0.3) is 5.91 Å². The van der Waals surface area contributed by atoms with Crippen LogP contribution >= 0.6 is 11.8 Å². The van der Waals surface area contributed by atoms with Crippen molar-refractivity contribution in [3.8, 4) is 6.19 Å². The Morgan fingerprint density at radius 2 is 1.81 bits per heavy atom. The van der Waals surface area contributed by atoms with E-state index in [1.54, 1.807) is 36.7 Å². The van der Waals surface area contributed by atoms with Gasteiger partial charge >= 0.3 is 6.18 Å². The Balaban J connectivity index is 2.23. The van der Waals surface area contributed by atoms with Crippen molar-refractivity contribution in [2.75, 3.05) is 11.6 Å². The van der Waals surface area contributed by atoms with Gasteiger partial charge in [0.15, 0.2) is 11.4 Å². The highest BCUT2D eigenvalue weighted by Crippen LogP contribution is 2.30. The Morgan fingerprint density at radius 1 is 1.15 bits per heavy atom. The van der Waals surface area contributed by atoms with E-state index in [0.717, 1.165) is 24.3 Å². The molecule has 0 aliphatic heterocycles. The van der Waals surface area contributed by atoms with Crippen molar-refractivity contribution in [2.45, 2.75) is 6.18 Å². The van der Waals surface area contributed by atoms with Gasteiger partial charge in [-0.1, -0.05) is 23.9 Å². The summed E-state index contributed by atoms with van der Waals surface area (Å²) in [5.74, 6) is -0.569. The maximum absolute atomic E-state index is 12.6. The highest BCUT2D eigenvalue weighted by Gasteiger charge is 2.30. The Kier molecular flexibility index (Phi) is 6.25. The summed E-state index contributed by atoms with van der Waals surface area (Å²) in [6.07, 6.45) is -0.970. The Morgan fingerprint density at radius 3 is 2.38 bits per heavy atom. The van der Waals surface area contributed by atoms with Gasteiger partial charge in [0, 0.05) is 5.56 Å². The van der Waals surface area contributed by atoms with Gasteiger partial charge < -0.3 is 5.32 Å². The molecule has 0 heterocycles. The third-order valence-corrected chi connectivity index (χ3v) is 3.78. The molecule has 0 fully saturated rings. The van der Waals surface area contributed by atoms with Crippen LogP contribution in [-0.2, 0) is 6.18 Å². The van der Waals surface area contributed by atoms with Crippen molar-refractivity contribution in [3.63, 3.8) is 0 Å². The molecule has 0 unspecified atom stereocenters. The van der Waals surface area contributed by atoms with Gasteiger partial charge in [0.05, 0.1) is 16.9 Å². The minimum Gasteiger partial charge on any atom is -0.320 e. The van der Waals surface area contributed by atoms with Crippen molar-refractivity contribution in [2.24, 2.45) is 4.99 Å². The summed E-state index contributed by atoms with van der Waals surface area (Å²) in [5, 5.41) is 14.0. The Hall–Kier alpha value is -2.99. The molecule has 1 amide bonds. The van der Waals surface area contributed by atoms with Crippen molar-refractivity contribution in [3.05, 3.63) is 59.7 Å². The number of carbonyl (C=O) groups excluding carboxylic acids is 1. The Bertz CT molecular complexity index is 858. The zero-order valence-corrected chi connectivity index (χ0v) is 14.3. The van der Waals surface area contributed by atoms with Gasteiger partial charge in [0.1, 0.15) is 0 Å². The summed E-state index contributed by atoms with van der Waals surface area (Å²) in [5.41, 5.74) is 0.0202. The van der Waals surface area contributed by atoms with Crippen molar-refractivity contribution in [1.82, 2.24) is 5.32 Å². The number of nitriles is 1. The second kappa shape index (κ2) is 8.40. The number of nitrogens with zero attached hydrogens (tertiary/aromatic N) is 2. The molecule has 2 aromatic carbocycles. The molecule has 5 nitrogen and oxygen atoms in total. The number of aliphatic imine (C=N–C) groups is 1. The lowest BCUT2D eigenvalue weighted by Crippen LogP contribution is -2.14. The van der Waals surface area contributed by atoms with Crippen LogP contribution in [0.15, 0.2) is 53.5 Å². The van der Waals surface area contributed by atoms with Gasteiger partial charge in [-0.05, 0) is 42.7 Å². The van der Waals surface area contributed by atoms with E-state index in [9.17, 15) is 18.0 Å². The van der Waals surface area contributed by atoms with Gasteiger partial charge in [0.2, 0.25) is 0 Å². The number of amidine groups is 1. The molecule has 0 spiro atoms. The number of amides is 1. The van der Waals surface area contributed by atoms with Crippen LogP contribution in [0.5, 0.6) is 0 Å². The van der Waals surface area contributed by atoms with Crippen molar-refractivity contribution < 1.29 is 18.0 Å². The maximum Gasteiger partial charge on any atom is 0.416 e. The molecule has 2 aromatic rings. The molecule has 0 aromatic heterocycles. The average molecular weight is 378 g/mol. The lowest BCUT2D eigenvalue weighted by molar-refractivity contribution is -0.137. The third kappa shape index (κ3) is 5.00. The fourth-order valence-corrected chi connectivity index (χ4v) is 2.30. The zero-order chi connectivity index (χ0) is 19.2. The third-order valence-electron chi connectivity index (χ3n) is 3.20. The number of anilines is 1. The maximum atomic E-state index is 12.6. The van der Waals surface area contributed by atoms with Gasteiger partial charge in [-0.2, -0.15) is 18.4 Å². The number of carbonyl (C=O) groups is 1. The molecule has 2 N–H and O–H groups in total. The number of halogens is 3. The van der Waals surface area contributed by atoms with Crippen LogP contribution in [0.2, 0.25) is 0 Å². The fraction of sp³-hybridized carbons (Fsp3) is 0.118. The van der Waals surface area contributed by atoms with E-state index in [4.69, 9.17) is 5.26 Å². The van der Waals surface area contributed by atoms with E-state index in [-0.39, 0.29) is 5.56 Å². The fourth-order valence-electron chi connectivity index (χ4n) is 1.96. The number of para-hydroxylation sites is 2. The van der Waals surface area contributed by atoms with E-state index >= 15 is 0 Å².